The molecule has 0 radical (unpaired) electrons. The van der Waals surface area contributed by atoms with Gasteiger partial charge in [-0.2, -0.15) is 10.1 Å². The van der Waals surface area contributed by atoms with Crippen LogP contribution in [0, 0.1) is 0 Å². The first kappa shape index (κ1) is 21.6. The molecule has 3 aromatic carbocycles. The standard InChI is InChI=1S/C27H23N7O2/c1-35-22-12-20(13-23(15-22)36-2)25-26-31-27(32-33(26)11-10-28-25)30-21-9-8-19-16-29-34(24(19)14-21)17-18-6-4-3-5-7-18/h3-16H,17H2,1-2H3,(H,30,32). The predicted molar refractivity (Wildman–Crippen MR) is 138 cm³/mol. The molecule has 36 heavy (non-hydrogen) atoms. The zero-order valence-electron chi connectivity index (χ0n) is 19.8. The molecular formula is C27H23N7O2. The average Bonchev–Trinajstić information content (AvgIpc) is 3.52. The van der Waals surface area contributed by atoms with Gasteiger partial charge in [-0.25, -0.2) is 4.52 Å². The molecule has 3 aromatic heterocycles. The molecule has 0 aliphatic carbocycles. The van der Waals surface area contributed by atoms with Crippen molar-refractivity contribution in [3.63, 3.8) is 0 Å². The molecule has 6 aromatic rings. The number of methoxy groups -OCH3 is 2. The molecule has 0 unspecified atom stereocenters. The monoisotopic (exact) mass is 477 g/mol. The van der Waals surface area contributed by atoms with Gasteiger partial charge < -0.3 is 14.8 Å². The van der Waals surface area contributed by atoms with Crippen LogP contribution >= 0.6 is 0 Å². The molecule has 0 amide bonds. The SMILES string of the molecule is COc1cc(OC)cc(-c2nccn3nc(Nc4ccc5cnn(Cc6ccccc6)c5c4)nc23)c1. The van der Waals surface area contributed by atoms with E-state index in [1.807, 2.05) is 59.4 Å². The van der Waals surface area contributed by atoms with Gasteiger partial charge in [0.2, 0.25) is 5.95 Å². The second-order valence-corrected chi connectivity index (χ2v) is 8.27. The lowest BCUT2D eigenvalue weighted by Crippen LogP contribution is -2.01. The topological polar surface area (TPSA) is 91.4 Å². The van der Waals surface area contributed by atoms with Crippen molar-refractivity contribution in [1.29, 1.82) is 0 Å². The maximum atomic E-state index is 5.42. The molecule has 0 spiro atoms. The van der Waals surface area contributed by atoms with Gasteiger partial charge in [-0.1, -0.05) is 30.3 Å². The highest BCUT2D eigenvalue weighted by atomic mass is 16.5. The summed E-state index contributed by atoms with van der Waals surface area (Å²) in [7, 11) is 3.24. The van der Waals surface area contributed by atoms with Crippen LogP contribution in [-0.4, -0.2) is 43.6 Å². The largest absolute Gasteiger partial charge is 0.497 e. The van der Waals surface area contributed by atoms with E-state index in [2.05, 4.69) is 38.7 Å². The number of aromatic nitrogens is 6. The molecule has 0 fully saturated rings. The second-order valence-electron chi connectivity index (χ2n) is 8.27. The molecule has 3 heterocycles. The molecule has 0 bridgehead atoms. The van der Waals surface area contributed by atoms with Crippen LogP contribution in [0.5, 0.6) is 11.5 Å². The molecule has 178 valence electrons. The summed E-state index contributed by atoms with van der Waals surface area (Å²) in [5, 5.41) is 13.6. The van der Waals surface area contributed by atoms with Crippen molar-refractivity contribution in [3.05, 3.63) is 90.9 Å². The Morgan fingerprint density at radius 2 is 1.72 bits per heavy atom. The van der Waals surface area contributed by atoms with Crippen LogP contribution in [0.15, 0.2) is 85.3 Å². The smallest absolute Gasteiger partial charge is 0.247 e. The quantitative estimate of drug-likeness (QED) is 0.348. The number of hydrogen-bond acceptors (Lipinski definition) is 7. The summed E-state index contributed by atoms with van der Waals surface area (Å²) in [6.07, 6.45) is 5.35. The first-order valence-corrected chi connectivity index (χ1v) is 11.4. The Hall–Kier alpha value is -4.92. The molecule has 0 aliphatic heterocycles. The Morgan fingerprint density at radius 3 is 2.50 bits per heavy atom. The molecule has 9 nitrogen and oxygen atoms in total. The highest BCUT2D eigenvalue weighted by Gasteiger charge is 2.14. The third-order valence-corrected chi connectivity index (χ3v) is 5.96. The lowest BCUT2D eigenvalue weighted by Gasteiger charge is -2.08. The van der Waals surface area contributed by atoms with E-state index in [1.54, 1.807) is 31.1 Å². The van der Waals surface area contributed by atoms with Crippen LogP contribution in [0.3, 0.4) is 0 Å². The molecule has 1 N–H and O–H groups in total. The van der Waals surface area contributed by atoms with Gasteiger partial charge in [-0.3, -0.25) is 9.67 Å². The fourth-order valence-corrected chi connectivity index (χ4v) is 4.18. The minimum Gasteiger partial charge on any atom is -0.497 e. The zero-order valence-corrected chi connectivity index (χ0v) is 19.8. The summed E-state index contributed by atoms with van der Waals surface area (Å²) >= 11 is 0. The van der Waals surface area contributed by atoms with Crippen molar-refractivity contribution in [1.82, 2.24) is 29.4 Å². The van der Waals surface area contributed by atoms with Crippen LogP contribution in [0.25, 0.3) is 27.8 Å². The summed E-state index contributed by atoms with van der Waals surface area (Å²) in [5.74, 6) is 1.81. The van der Waals surface area contributed by atoms with Crippen LogP contribution in [0.1, 0.15) is 5.56 Å². The Bertz CT molecular complexity index is 1650. The number of anilines is 2. The van der Waals surface area contributed by atoms with Crippen LogP contribution in [0.2, 0.25) is 0 Å². The van der Waals surface area contributed by atoms with Crippen LogP contribution < -0.4 is 14.8 Å². The van der Waals surface area contributed by atoms with Gasteiger partial charge in [-0.15, -0.1) is 5.10 Å². The first-order valence-electron chi connectivity index (χ1n) is 11.4. The van der Waals surface area contributed by atoms with Crippen molar-refractivity contribution >= 4 is 28.2 Å². The van der Waals surface area contributed by atoms with E-state index in [9.17, 15) is 0 Å². The van der Waals surface area contributed by atoms with Crippen molar-refractivity contribution < 1.29 is 9.47 Å². The fraction of sp³-hybridized carbons (Fsp3) is 0.111. The normalized spacial score (nSPS) is 11.2. The van der Waals surface area contributed by atoms with Gasteiger partial charge >= 0.3 is 0 Å². The molecule has 0 saturated heterocycles. The molecule has 9 heteroatoms. The predicted octanol–water partition coefficient (Wildman–Crippen LogP) is 4.95. The van der Waals surface area contributed by atoms with E-state index in [0.717, 1.165) is 22.2 Å². The minimum atomic E-state index is 0.465. The summed E-state index contributed by atoms with van der Waals surface area (Å²) in [4.78, 5) is 9.29. The Morgan fingerprint density at radius 1 is 0.917 bits per heavy atom. The Labute approximate surface area is 207 Å². The molecule has 6 rings (SSSR count). The number of hydrogen-bond donors (Lipinski definition) is 1. The highest BCUT2D eigenvalue weighted by molar-refractivity contribution is 5.83. The maximum Gasteiger partial charge on any atom is 0.247 e. The van der Waals surface area contributed by atoms with Gasteiger partial charge in [0.05, 0.1) is 32.5 Å². The highest BCUT2D eigenvalue weighted by Crippen LogP contribution is 2.31. The summed E-state index contributed by atoms with van der Waals surface area (Å²) in [6.45, 7) is 0.694. The van der Waals surface area contributed by atoms with Gasteiger partial charge in [0.1, 0.15) is 17.2 Å². The van der Waals surface area contributed by atoms with Gasteiger partial charge in [-0.05, 0) is 35.9 Å². The zero-order chi connectivity index (χ0) is 24.5. The molecule has 0 saturated carbocycles. The number of fused-ring (bicyclic) bond motifs is 2. The lowest BCUT2D eigenvalue weighted by molar-refractivity contribution is 0.394. The number of nitrogens with zero attached hydrogens (tertiary/aromatic N) is 6. The lowest BCUT2D eigenvalue weighted by atomic mass is 10.1. The third-order valence-electron chi connectivity index (χ3n) is 5.96. The van der Waals surface area contributed by atoms with Gasteiger partial charge in [0.25, 0.3) is 0 Å². The van der Waals surface area contributed by atoms with Crippen molar-refractivity contribution in [2.75, 3.05) is 19.5 Å². The average molecular weight is 478 g/mol. The Kier molecular flexibility index (Phi) is 5.42. The minimum absolute atomic E-state index is 0.465. The number of benzene rings is 3. The molecule has 0 aliphatic rings. The van der Waals surface area contributed by atoms with E-state index < -0.39 is 0 Å². The van der Waals surface area contributed by atoms with E-state index in [1.165, 1.54) is 5.56 Å². The van der Waals surface area contributed by atoms with Crippen LogP contribution in [0.4, 0.5) is 11.6 Å². The second kappa shape index (κ2) is 9.03. The Balaban J connectivity index is 1.34. The first-order chi connectivity index (χ1) is 17.7. The summed E-state index contributed by atoms with van der Waals surface area (Å²) < 4.78 is 14.5. The number of rotatable bonds is 7. The van der Waals surface area contributed by atoms with Crippen molar-refractivity contribution in [2.45, 2.75) is 6.54 Å². The van der Waals surface area contributed by atoms with Crippen molar-refractivity contribution in [2.24, 2.45) is 0 Å². The van der Waals surface area contributed by atoms with E-state index in [-0.39, 0.29) is 0 Å². The van der Waals surface area contributed by atoms with Crippen molar-refractivity contribution in [3.8, 4) is 22.8 Å². The molecule has 0 atom stereocenters. The van der Waals surface area contributed by atoms with E-state index in [0.29, 0.717) is 35.3 Å². The fourth-order valence-electron chi connectivity index (χ4n) is 4.18. The number of nitrogens with one attached hydrogen (secondary N) is 1. The number of ether oxygens (including phenoxy) is 2. The van der Waals surface area contributed by atoms with Crippen LogP contribution in [-0.2, 0) is 6.54 Å². The maximum absolute atomic E-state index is 5.42. The third kappa shape index (κ3) is 4.07. The van der Waals surface area contributed by atoms with E-state index in [4.69, 9.17) is 14.5 Å². The summed E-state index contributed by atoms with van der Waals surface area (Å²) in [5.41, 5.74) is 5.19. The van der Waals surface area contributed by atoms with E-state index >= 15 is 0 Å². The van der Waals surface area contributed by atoms with Gasteiger partial charge in [0, 0.05) is 35.1 Å². The van der Waals surface area contributed by atoms with Gasteiger partial charge in [0.15, 0.2) is 5.65 Å². The summed E-state index contributed by atoms with van der Waals surface area (Å²) in [6, 6.07) is 22.0. The molecular weight excluding hydrogens is 454 g/mol.